The molecule has 16 heavy (non-hydrogen) atoms. The van der Waals surface area contributed by atoms with Crippen molar-refractivity contribution < 1.29 is 0 Å². The summed E-state index contributed by atoms with van der Waals surface area (Å²) in [5, 5.41) is 0. The van der Waals surface area contributed by atoms with Crippen molar-refractivity contribution in [2.24, 2.45) is 5.92 Å². The monoisotopic (exact) mass is 226 g/mol. The highest BCUT2D eigenvalue weighted by atomic mass is 15.2. The Morgan fingerprint density at radius 1 is 1.00 bits per heavy atom. The molecule has 1 aliphatic rings. The van der Waals surface area contributed by atoms with E-state index in [-0.39, 0.29) is 0 Å². The zero-order chi connectivity index (χ0) is 12.1. The van der Waals surface area contributed by atoms with Gasteiger partial charge in [0, 0.05) is 25.2 Å². The molecule has 96 valence electrons. The van der Waals surface area contributed by atoms with Crippen LogP contribution in [0, 0.1) is 5.92 Å². The number of nitrogens with zero attached hydrogens (tertiary/aromatic N) is 2. The summed E-state index contributed by atoms with van der Waals surface area (Å²) in [7, 11) is 4.54. The molecule has 0 amide bonds. The van der Waals surface area contributed by atoms with Crippen molar-refractivity contribution in [3.63, 3.8) is 0 Å². The van der Waals surface area contributed by atoms with Gasteiger partial charge in [0.15, 0.2) is 0 Å². The van der Waals surface area contributed by atoms with Crippen LogP contribution in [0.25, 0.3) is 0 Å². The standard InChI is InChI=1S/C14H30N2/c1-12(2)6-7-13(3)15(4)10-11-16(5)14-8-9-14/h12-14H,6-11H2,1-5H3. The molecule has 1 atom stereocenters. The fraction of sp³-hybridized carbons (Fsp3) is 1.00. The summed E-state index contributed by atoms with van der Waals surface area (Å²) >= 11 is 0. The van der Waals surface area contributed by atoms with Gasteiger partial charge in [-0.3, -0.25) is 0 Å². The minimum absolute atomic E-state index is 0.731. The first-order valence-electron chi connectivity index (χ1n) is 6.91. The van der Waals surface area contributed by atoms with Gasteiger partial charge in [0.05, 0.1) is 0 Å². The van der Waals surface area contributed by atoms with Gasteiger partial charge in [-0.25, -0.2) is 0 Å². The van der Waals surface area contributed by atoms with Crippen LogP contribution < -0.4 is 0 Å². The van der Waals surface area contributed by atoms with E-state index in [9.17, 15) is 0 Å². The van der Waals surface area contributed by atoms with Gasteiger partial charge in [-0.05, 0) is 52.6 Å². The lowest BCUT2D eigenvalue weighted by Gasteiger charge is -2.27. The van der Waals surface area contributed by atoms with Crippen molar-refractivity contribution in [2.45, 2.75) is 58.5 Å². The molecular formula is C14H30N2. The summed E-state index contributed by atoms with van der Waals surface area (Å²) in [6.07, 6.45) is 5.53. The van der Waals surface area contributed by atoms with E-state index >= 15 is 0 Å². The van der Waals surface area contributed by atoms with Crippen LogP contribution in [0.2, 0.25) is 0 Å². The zero-order valence-electron chi connectivity index (χ0n) is 11.9. The maximum absolute atomic E-state index is 2.52. The van der Waals surface area contributed by atoms with Crippen LogP contribution in [-0.2, 0) is 0 Å². The number of rotatable bonds is 8. The Balaban J connectivity index is 2.09. The van der Waals surface area contributed by atoms with Crippen molar-refractivity contribution in [3.05, 3.63) is 0 Å². The summed E-state index contributed by atoms with van der Waals surface area (Å²) in [4.78, 5) is 5.03. The summed E-state index contributed by atoms with van der Waals surface area (Å²) < 4.78 is 0. The van der Waals surface area contributed by atoms with E-state index in [1.165, 1.54) is 38.8 Å². The predicted molar refractivity (Wildman–Crippen MR) is 71.8 cm³/mol. The Labute approximate surface area is 102 Å². The minimum Gasteiger partial charge on any atom is -0.302 e. The third-order valence-electron chi connectivity index (χ3n) is 3.89. The molecule has 2 heteroatoms. The van der Waals surface area contributed by atoms with Crippen LogP contribution in [0.15, 0.2) is 0 Å². The van der Waals surface area contributed by atoms with Gasteiger partial charge in [0.1, 0.15) is 0 Å². The van der Waals surface area contributed by atoms with Gasteiger partial charge in [-0.2, -0.15) is 0 Å². The van der Waals surface area contributed by atoms with Crippen LogP contribution in [-0.4, -0.2) is 49.1 Å². The predicted octanol–water partition coefficient (Wildman–Crippen LogP) is 2.84. The van der Waals surface area contributed by atoms with Crippen molar-refractivity contribution in [1.82, 2.24) is 9.80 Å². The molecule has 0 aliphatic heterocycles. The first kappa shape index (κ1) is 14.0. The highest BCUT2D eigenvalue weighted by molar-refractivity contribution is 4.82. The summed E-state index contributed by atoms with van der Waals surface area (Å²) in [6.45, 7) is 9.43. The smallest absolute Gasteiger partial charge is 0.0109 e. The summed E-state index contributed by atoms with van der Waals surface area (Å²) in [6, 6.07) is 1.63. The molecule has 1 saturated carbocycles. The molecule has 1 rings (SSSR count). The zero-order valence-corrected chi connectivity index (χ0v) is 11.9. The van der Waals surface area contributed by atoms with Crippen molar-refractivity contribution in [2.75, 3.05) is 27.2 Å². The van der Waals surface area contributed by atoms with Gasteiger partial charge in [0.25, 0.3) is 0 Å². The second-order valence-corrected chi connectivity index (χ2v) is 6.01. The molecule has 0 aromatic heterocycles. The second kappa shape index (κ2) is 6.61. The first-order valence-corrected chi connectivity index (χ1v) is 6.91. The van der Waals surface area contributed by atoms with Crippen LogP contribution in [0.3, 0.4) is 0 Å². The van der Waals surface area contributed by atoms with Gasteiger partial charge in [0.2, 0.25) is 0 Å². The van der Waals surface area contributed by atoms with Gasteiger partial charge in [-0.15, -0.1) is 0 Å². The Hall–Kier alpha value is -0.0800. The Morgan fingerprint density at radius 3 is 2.12 bits per heavy atom. The molecule has 0 radical (unpaired) electrons. The molecule has 0 aromatic rings. The Kier molecular flexibility index (Phi) is 5.77. The minimum atomic E-state index is 0.731. The Morgan fingerprint density at radius 2 is 1.62 bits per heavy atom. The fourth-order valence-electron chi connectivity index (χ4n) is 2.03. The average Bonchev–Trinajstić information content (AvgIpc) is 3.05. The van der Waals surface area contributed by atoms with Crippen LogP contribution in [0.1, 0.15) is 46.5 Å². The average molecular weight is 226 g/mol. The highest BCUT2D eigenvalue weighted by Gasteiger charge is 2.25. The molecule has 1 unspecified atom stereocenters. The fourth-order valence-corrected chi connectivity index (χ4v) is 2.03. The Bertz CT molecular complexity index is 187. The summed E-state index contributed by atoms with van der Waals surface area (Å²) in [5.41, 5.74) is 0. The second-order valence-electron chi connectivity index (χ2n) is 6.01. The van der Waals surface area contributed by atoms with E-state index in [0.29, 0.717) is 0 Å². The highest BCUT2D eigenvalue weighted by Crippen LogP contribution is 2.24. The van der Waals surface area contributed by atoms with Gasteiger partial charge >= 0.3 is 0 Å². The number of hydrogen-bond donors (Lipinski definition) is 0. The van der Waals surface area contributed by atoms with E-state index in [4.69, 9.17) is 0 Å². The number of hydrogen-bond acceptors (Lipinski definition) is 2. The van der Waals surface area contributed by atoms with Crippen LogP contribution in [0.5, 0.6) is 0 Å². The SMILES string of the molecule is CC(C)CCC(C)N(C)CCN(C)C1CC1. The molecule has 0 heterocycles. The molecule has 0 saturated heterocycles. The van der Waals surface area contributed by atoms with E-state index in [1.54, 1.807) is 0 Å². The van der Waals surface area contributed by atoms with Crippen LogP contribution in [0.4, 0.5) is 0 Å². The molecule has 0 aromatic carbocycles. The lowest BCUT2D eigenvalue weighted by molar-refractivity contribution is 0.199. The van der Waals surface area contributed by atoms with Crippen molar-refractivity contribution >= 4 is 0 Å². The maximum Gasteiger partial charge on any atom is 0.0109 e. The van der Waals surface area contributed by atoms with Crippen LogP contribution >= 0.6 is 0 Å². The van der Waals surface area contributed by atoms with E-state index < -0.39 is 0 Å². The lowest BCUT2D eigenvalue weighted by Crippen LogP contribution is -2.36. The lowest BCUT2D eigenvalue weighted by atomic mass is 10.0. The van der Waals surface area contributed by atoms with Gasteiger partial charge in [-0.1, -0.05) is 13.8 Å². The van der Waals surface area contributed by atoms with E-state index in [2.05, 4.69) is 44.7 Å². The van der Waals surface area contributed by atoms with Gasteiger partial charge < -0.3 is 9.80 Å². The van der Waals surface area contributed by atoms with E-state index in [0.717, 1.165) is 18.0 Å². The molecule has 1 fully saturated rings. The topological polar surface area (TPSA) is 6.48 Å². The normalized spacial score (nSPS) is 18.8. The molecule has 0 spiro atoms. The quantitative estimate of drug-likeness (QED) is 0.628. The number of likely N-dealkylation sites (N-methyl/N-ethyl adjacent to an activating group) is 2. The van der Waals surface area contributed by atoms with Crippen molar-refractivity contribution in [3.8, 4) is 0 Å². The van der Waals surface area contributed by atoms with E-state index in [1.807, 2.05) is 0 Å². The molecule has 2 nitrogen and oxygen atoms in total. The third kappa shape index (κ3) is 5.31. The largest absolute Gasteiger partial charge is 0.302 e. The molecule has 1 aliphatic carbocycles. The maximum atomic E-state index is 2.52. The molecule has 0 N–H and O–H groups in total. The molecular weight excluding hydrogens is 196 g/mol. The summed E-state index contributed by atoms with van der Waals surface area (Å²) in [5.74, 6) is 0.838. The van der Waals surface area contributed by atoms with Crippen molar-refractivity contribution in [1.29, 1.82) is 0 Å². The molecule has 0 bridgehead atoms. The third-order valence-corrected chi connectivity index (χ3v) is 3.89. The first-order chi connectivity index (χ1) is 7.50.